The molecule has 1 rings (SSSR count). The van der Waals surface area contributed by atoms with Crippen molar-refractivity contribution in [3.8, 4) is 5.75 Å². The Hall–Kier alpha value is -1.55. The molecule has 0 radical (unpaired) electrons. The molecule has 1 amide bonds. The number of nitrogens with two attached hydrogens (primary N) is 1. The maximum absolute atomic E-state index is 11.7. The molecule has 0 aliphatic heterocycles. The van der Waals surface area contributed by atoms with E-state index in [-0.39, 0.29) is 11.9 Å². The van der Waals surface area contributed by atoms with Crippen molar-refractivity contribution in [2.75, 3.05) is 13.7 Å². The number of rotatable bonds is 5. The van der Waals surface area contributed by atoms with Crippen LogP contribution in [0.5, 0.6) is 5.75 Å². The van der Waals surface area contributed by atoms with Gasteiger partial charge < -0.3 is 15.8 Å². The summed E-state index contributed by atoms with van der Waals surface area (Å²) in [6.45, 7) is 6.33. The van der Waals surface area contributed by atoms with Crippen LogP contribution in [-0.2, 0) is 11.2 Å². The van der Waals surface area contributed by atoms with E-state index in [2.05, 4.69) is 5.32 Å². The average Bonchev–Trinajstić information content (AvgIpc) is 2.26. The monoisotopic (exact) mass is 250 g/mol. The zero-order valence-electron chi connectivity index (χ0n) is 11.5. The molecule has 18 heavy (non-hydrogen) atoms. The second kappa shape index (κ2) is 6.40. The highest BCUT2D eigenvalue weighted by Gasteiger charge is 2.09. The number of methoxy groups -OCH3 is 1. The van der Waals surface area contributed by atoms with Gasteiger partial charge in [0.25, 0.3) is 0 Å². The molecule has 1 atom stereocenters. The second-order valence-electron chi connectivity index (χ2n) is 4.72. The van der Waals surface area contributed by atoms with Crippen molar-refractivity contribution in [1.82, 2.24) is 5.32 Å². The Morgan fingerprint density at radius 2 is 1.94 bits per heavy atom. The van der Waals surface area contributed by atoms with Crippen LogP contribution in [0.15, 0.2) is 12.1 Å². The van der Waals surface area contributed by atoms with Gasteiger partial charge in [-0.15, -0.1) is 0 Å². The summed E-state index contributed by atoms with van der Waals surface area (Å²) in [5.41, 5.74) is 8.68. The maximum Gasteiger partial charge on any atom is 0.224 e. The lowest BCUT2D eigenvalue weighted by Crippen LogP contribution is -2.35. The molecule has 0 saturated carbocycles. The van der Waals surface area contributed by atoms with Crippen molar-refractivity contribution in [3.05, 3.63) is 28.8 Å². The molecule has 4 nitrogen and oxygen atoms in total. The second-order valence-corrected chi connectivity index (χ2v) is 4.72. The quantitative estimate of drug-likeness (QED) is 0.828. The van der Waals surface area contributed by atoms with E-state index in [4.69, 9.17) is 10.5 Å². The summed E-state index contributed by atoms with van der Waals surface area (Å²) in [6.07, 6.45) is 0.373. The first-order chi connectivity index (χ1) is 8.43. The normalized spacial score (nSPS) is 12.1. The van der Waals surface area contributed by atoms with Gasteiger partial charge in [-0.1, -0.05) is 12.1 Å². The van der Waals surface area contributed by atoms with E-state index >= 15 is 0 Å². The van der Waals surface area contributed by atoms with E-state index in [0.717, 1.165) is 22.4 Å². The van der Waals surface area contributed by atoms with Crippen LogP contribution >= 0.6 is 0 Å². The molecule has 0 saturated heterocycles. The van der Waals surface area contributed by atoms with Crippen LogP contribution in [0.4, 0.5) is 0 Å². The van der Waals surface area contributed by atoms with Crippen molar-refractivity contribution < 1.29 is 9.53 Å². The highest BCUT2D eigenvalue weighted by Crippen LogP contribution is 2.24. The highest BCUT2D eigenvalue weighted by molar-refractivity contribution is 5.78. The Kier molecular flexibility index (Phi) is 5.16. The molecule has 1 aromatic carbocycles. The summed E-state index contributed by atoms with van der Waals surface area (Å²) in [7, 11) is 1.66. The van der Waals surface area contributed by atoms with Crippen LogP contribution in [0.1, 0.15) is 23.6 Å². The van der Waals surface area contributed by atoms with E-state index in [9.17, 15) is 4.79 Å². The number of amides is 1. The summed E-state index contributed by atoms with van der Waals surface area (Å²) < 4.78 is 5.30. The maximum atomic E-state index is 11.7. The van der Waals surface area contributed by atoms with Gasteiger partial charge in [0.2, 0.25) is 5.91 Å². The summed E-state index contributed by atoms with van der Waals surface area (Å²) in [5.74, 6) is 0.881. The van der Waals surface area contributed by atoms with Gasteiger partial charge in [-0.3, -0.25) is 4.79 Å². The van der Waals surface area contributed by atoms with Crippen molar-refractivity contribution in [3.63, 3.8) is 0 Å². The number of ether oxygens (including phenoxy) is 1. The Morgan fingerprint density at radius 1 is 1.39 bits per heavy atom. The van der Waals surface area contributed by atoms with E-state index in [0.29, 0.717) is 13.0 Å². The smallest absolute Gasteiger partial charge is 0.224 e. The third-order valence-electron chi connectivity index (χ3n) is 2.71. The minimum atomic E-state index is -0.0201. The molecule has 4 heteroatoms. The minimum Gasteiger partial charge on any atom is -0.496 e. The SMILES string of the molecule is COc1c(C)cc(CC(=O)NCC(C)N)cc1C. The first kappa shape index (κ1) is 14.5. The minimum absolute atomic E-state index is 0.00346. The average molecular weight is 250 g/mol. The zero-order valence-corrected chi connectivity index (χ0v) is 11.5. The van der Waals surface area contributed by atoms with Crippen LogP contribution in [0.25, 0.3) is 0 Å². The van der Waals surface area contributed by atoms with Crippen LogP contribution < -0.4 is 15.8 Å². The summed E-state index contributed by atoms with van der Waals surface area (Å²) >= 11 is 0. The van der Waals surface area contributed by atoms with Gasteiger partial charge in [0.1, 0.15) is 5.75 Å². The standard InChI is InChI=1S/C14H22N2O2/c1-9-5-12(6-10(2)14(9)18-4)7-13(17)16-8-11(3)15/h5-6,11H,7-8,15H2,1-4H3,(H,16,17). The largest absolute Gasteiger partial charge is 0.496 e. The Labute approximate surface area is 109 Å². The molecule has 0 aromatic heterocycles. The lowest BCUT2D eigenvalue weighted by atomic mass is 10.0. The lowest BCUT2D eigenvalue weighted by Gasteiger charge is -2.12. The van der Waals surface area contributed by atoms with E-state index in [1.165, 1.54) is 0 Å². The van der Waals surface area contributed by atoms with Gasteiger partial charge in [-0.05, 0) is 37.5 Å². The van der Waals surface area contributed by atoms with Crippen molar-refractivity contribution in [2.45, 2.75) is 33.2 Å². The predicted octanol–water partition coefficient (Wildman–Crippen LogP) is 1.32. The number of carbonyl (C=O) groups is 1. The van der Waals surface area contributed by atoms with Gasteiger partial charge in [0.15, 0.2) is 0 Å². The Balaban J connectivity index is 2.71. The zero-order chi connectivity index (χ0) is 13.7. The van der Waals surface area contributed by atoms with Crippen LogP contribution in [0.2, 0.25) is 0 Å². The topological polar surface area (TPSA) is 64.3 Å². The van der Waals surface area contributed by atoms with Gasteiger partial charge in [-0.25, -0.2) is 0 Å². The molecule has 0 aliphatic carbocycles. The van der Waals surface area contributed by atoms with Crippen LogP contribution in [0, 0.1) is 13.8 Å². The molecule has 0 aliphatic rings. The Morgan fingerprint density at radius 3 is 2.39 bits per heavy atom. The van der Waals surface area contributed by atoms with Crippen LogP contribution in [0.3, 0.4) is 0 Å². The van der Waals surface area contributed by atoms with Crippen molar-refractivity contribution >= 4 is 5.91 Å². The van der Waals surface area contributed by atoms with E-state index in [1.807, 2.05) is 32.9 Å². The number of aryl methyl sites for hydroxylation is 2. The Bertz CT molecular complexity index is 405. The molecule has 3 N–H and O–H groups in total. The van der Waals surface area contributed by atoms with Gasteiger partial charge in [0.05, 0.1) is 13.5 Å². The molecule has 0 bridgehead atoms. The fourth-order valence-electron chi connectivity index (χ4n) is 1.99. The number of benzene rings is 1. The highest BCUT2D eigenvalue weighted by atomic mass is 16.5. The third kappa shape index (κ3) is 4.04. The first-order valence-corrected chi connectivity index (χ1v) is 6.10. The number of carbonyl (C=O) groups excluding carboxylic acids is 1. The van der Waals surface area contributed by atoms with E-state index in [1.54, 1.807) is 7.11 Å². The molecule has 0 spiro atoms. The molecule has 1 aromatic rings. The third-order valence-corrected chi connectivity index (χ3v) is 2.71. The predicted molar refractivity (Wildman–Crippen MR) is 72.8 cm³/mol. The van der Waals surface area contributed by atoms with Crippen LogP contribution in [-0.4, -0.2) is 25.6 Å². The summed E-state index contributed by atoms with van der Waals surface area (Å²) in [5, 5.41) is 2.80. The van der Waals surface area contributed by atoms with Gasteiger partial charge in [-0.2, -0.15) is 0 Å². The van der Waals surface area contributed by atoms with Crippen molar-refractivity contribution in [1.29, 1.82) is 0 Å². The number of hydrogen-bond donors (Lipinski definition) is 2. The fourth-order valence-corrected chi connectivity index (χ4v) is 1.99. The molecular formula is C14H22N2O2. The van der Waals surface area contributed by atoms with Gasteiger partial charge in [0, 0.05) is 12.6 Å². The molecule has 0 heterocycles. The summed E-state index contributed by atoms with van der Waals surface area (Å²) in [6, 6.07) is 3.95. The first-order valence-electron chi connectivity index (χ1n) is 6.10. The number of nitrogens with one attached hydrogen (secondary N) is 1. The van der Waals surface area contributed by atoms with Crippen molar-refractivity contribution in [2.24, 2.45) is 5.73 Å². The van der Waals surface area contributed by atoms with Gasteiger partial charge >= 0.3 is 0 Å². The molecule has 100 valence electrons. The molecular weight excluding hydrogens is 228 g/mol. The number of hydrogen-bond acceptors (Lipinski definition) is 3. The summed E-state index contributed by atoms with van der Waals surface area (Å²) in [4.78, 5) is 11.7. The molecule has 0 fully saturated rings. The van der Waals surface area contributed by atoms with E-state index < -0.39 is 0 Å². The fraction of sp³-hybridized carbons (Fsp3) is 0.500. The lowest BCUT2D eigenvalue weighted by molar-refractivity contribution is -0.120. The molecule has 1 unspecified atom stereocenters.